The van der Waals surface area contributed by atoms with Crippen LogP contribution in [-0.2, 0) is 0 Å². The summed E-state index contributed by atoms with van der Waals surface area (Å²) in [6.07, 6.45) is 1.78. The van der Waals surface area contributed by atoms with Crippen LogP contribution in [0.4, 0.5) is 0 Å². The molecule has 0 radical (unpaired) electrons. The predicted octanol–water partition coefficient (Wildman–Crippen LogP) is 4.20. The van der Waals surface area contributed by atoms with Gasteiger partial charge in [0.1, 0.15) is 0 Å². The standard InChI is InChI=1S/C16H13BrClN3/c17-12-4-5-13(14(18)9-12)16(21-19)11-3-6-15-10(8-11)2-1-7-20-15/h1-9,16,21H,19H2. The number of aromatic nitrogens is 1. The van der Waals surface area contributed by atoms with Crippen LogP contribution in [0.5, 0.6) is 0 Å². The minimum Gasteiger partial charge on any atom is -0.271 e. The van der Waals surface area contributed by atoms with Crippen LogP contribution in [0, 0.1) is 0 Å². The van der Waals surface area contributed by atoms with Crippen LogP contribution in [-0.4, -0.2) is 4.98 Å². The molecule has 0 spiro atoms. The first-order valence-corrected chi connectivity index (χ1v) is 7.62. The smallest absolute Gasteiger partial charge is 0.0724 e. The highest BCUT2D eigenvalue weighted by Gasteiger charge is 2.16. The Kier molecular flexibility index (Phi) is 4.22. The lowest BCUT2D eigenvalue weighted by molar-refractivity contribution is 0.637. The summed E-state index contributed by atoms with van der Waals surface area (Å²) in [5.74, 6) is 5.75. The van der Waals surface area contributed by atoms with Crippen LogP contribution in [0.25, 0.3) is 10.9 Å². The molecular formula is C16H13BrClN3. The summed E-state index contributed by atoms with van der Waals surface area (Å²) < 4.78 is 0.940. The lowest BCUT2D eigenvalue weighted by atomic mass is 9.98. The summed E-state index contributed by atoms with van der Waals surface area (Å²) in [6.45, 7) is 0. The van der Waals surface area contributed by atoms with Crippen molar-refractivity contribution in [1.82, 2.24) is 10.4 Å². The molecule has 5 heteroatoms. The number of halogens is 2. The molecule has 0 aliphatic carbocycles. The van der Waals surface area contributed by atoms with Gasteiger partial charge in [0.05, 0.1) is 11.6 Å². The van der Waals surface area contributed by atoms with Crippen molar-refractivity contribution in [1.29, 1.82) is 0 Å². The summed E-state index contributed by atoms with van der Waals surface area (Å²) in [6, 6.07) is 15.6. The van der Waals surface area contributed by atoms with E-state index >= 15 is 0 Å². The predicted molar refractivity (Wildman–Crippen MR) is 90.1 cm³/mol. The van der Waals surface area contributed by atoms with E-state index in [-0.39, 0.29) is 6.04 Å². The third-order valence-corrected chi connectivity index (χ3v) is 4.22. The zero-order valence-corrected chi connectivity index (χ0v) is 13.4. The van der Waals surface area contributed by atoms with Gasteiger partial charge in [0, 0.05) is 21.1 Å². The Hall–Kier alpha value is -1.46. The van der Waals surface area contributed by atoms with Gasteiger partial charge in [-0.05, 0) is 41.5 Å². The van der Waals surface area contributed by atoms with Gasteiger partial charge in [0.15, 0.2) is 0 Å². The molecule has 3 aromatic rings. The number of benzene rings is 2. The lowest BCUT2D eigenvalue weighted by Gasteiger charge is -2.19. The first kappa shape index (κ1) is 14.5. The molecule has 1 heterocycles. The van der Waals surface area contributed by atoms with Gasteiger partial charge in [0.2, 0.25) is 0 Å². The second kappa shape index (κ2) is 6.12. The van der Waals surface area contributed by atoms with E-state index in [4.69, 9.17) is 17.4 Å². The number of rotatable bonds is 3. The lowest BCUT2D eigenvalue weighted by Crippen LogP contribution is -2.29. The first-order chi connectivity index (χ1) is 10.2. The van der Waals surface area contributed by atoms with Crippen LogP contribution in [0.1, 0.15) is 17.2 Å². The van der Waals surface area contributed by atoms with E-state index in [0.717, 1.165) is 26.5 Å². The molecule has 3 nitrogen and oxygen atoms in total. The monoisotopic (exact) mass is 361 g/mol. The molecular weight excluding hydrogens is 350 g/mol. The zero-order valence-electron chi connectivity index (χ0n) is 11.1. The fraction of sp³-hybridized carbons (Fsp3) is 0.0625. The van der Waals surface area contributed by atoms with Gasteiger partial charge in [-0.15, -0.1) is 0 Å². The van der Waals surface area contributed by atoms with Crippen molar-refractivity contribution in [2.45, 2.75) is 6.04 Å². The van der Waals surface area contributed by atoms with Gasteiger partial charge in [-0.3, -0.25) is 10.8 Å². The number of pyridine rings is 1. The van der Waals surface area contributed by atoms with Crippen molar-refractivity contribution in [2.24, 2.45) is 5.84 Å². The fourth-order valence-electron chi connectivity index (χ4n) is 2.37. The first-order valence-electron chi connectivity index (χ1n) is 6.45. The molecule has 1 unspecified atom stereocenters. The highest BCUT2D eigenvalue weighted by molar-refractivity contribution is 9.10. The van der Waals surface area contributed by atoms with Crippen LogP contribution < -0.4 is 11.3 Å². The van der Waals surface area contributed by atoms with Crippen molar-refractivity contribution in [3.63, 3.8) is 0 Å². The molecule has 0 bridgehead atoms. The number of hydrogen-bond donors (Lipinski definition) is 2. The highest BCUT2D eigenvalue weighted by Crippen LogP contribution is 2.31. The maximum Gasteiger partial charge on any atom is 0.0724 e. The molecule has 106 valence electrons. The molecule has 3 rings (SSSR count). The molecule has 21 heavy (non-hydrogen) atoms. The SMILES string of the molecule is NNC(c1ccc2ncccc2c1)c1ccc(Br)cc1Cl. The van der Waals surface area contributed by atoms with Crippen molar-refractivity contribution in [3.8, 4) is 0 Å². The third kappa shape index (κ3) is 2.94. The number of fused-ring (bicyclic) bond motifs is 1. The van der Waals surface area contributed by atoms with Crippen LogP contribution in [0.2, 0.25) is 5.02 Å². The summed E-state index contributed by atoms with van der Waals surface area (Å²) >= 11 is 9.75. The molecule has 0 aliphatic heterocycles. The van der Waals surface area contributed by atoms with Crippen molar-refractivity contribution >= 4 is 38.4 Å². The van der Waals surface area contributed by atoms with E-state index in [1.165, 1.54) is 0 Å². The molecule has 2 aromatic carbocycles. The molecule has 1 atom stereocenters. The summed E-state index contributed by atoms with van der Waals surface area (Å²) in [4.78, 5) is 4.33. The number of nitrogens with zero attached hydrogens (tertiary/aromatic N) is 1. The molecule has 1 aromatic heterocycles. The minimum absolute atomic E-state index is 0.171. The van der Waals surface area contributed by atoms with Gasteiger partial charge in [-0.1, -0.05) is 45.7 Å². The number of hydrogen-bond acceptors (Lipinski definition) is 3. The van der Waals surface area contributed by atoms with Crippen molar-refractivity contribution in [2.75, 3.05) is 0 Å². The van der Waals surface area contributed by atoms with E-state index in [9.17, 15) is 0 Å². The van der Waals surface area contributed by atoms with Gasteiger partial charge in [0.25, 0.3) is 0 Å². The third-order valence-electron chi connectivity index (χ3n) is 3.40. The molecule has 0 aliphatic rings. The maximum absolute atomic E-state index is 6.33. The Morgan fingerprint density at radius 3 is 2.76 bits per heavy atom. The van der Waals surface area contributed by atoms with Crippen LogP contribution in [0.15, 0.2) is 59.2 Å². The Morgan fingerprint density at radius 1 is 1.14 bits per heavy atom. The minimum atomic E-state index is -0.171. The van der Waals surface area contributed by atoms with E-state index in [1.807, 2.05) is 42.5 Å². The van der Waals surface area contributed by atoms with Crippen molar-refractivity contribution in [3.05, 3.63) is 75.4 Å². The Morgan fingerprint density at radius 2 is 2.00 bits per heavy atom. The Bertz CT molecular complexity index is 791. The average molecular weight is 363 g/mol. The summed E-state index contributed by atoms with van der Waals surface area (Å²) in [5, 5.41) is 1.74. The van der Waals surface area contributed by atoms with Gasteiger partial charge in [-0.2, -0.15) is 0 Å². The number of nitrogens with one attached hydrogen (secondary N) is 1. The molecule has 0 saturated carbocycles. The van der Waals surface area contributed by atoms with Gasteiger partial charge >= 0.3 is 0 Å². The molecule has 0 fully saturated rings. The molecule has 0 saturated heterocycles. The number of nitrogens with two attached hydrogens (primary N) is 1. The van der Waals surface area contributed by atoms with Crippen LogP contribution in [0.3, 0.4) is 0 Å². The van der Waals surface area contributed by atoms with E-state index in [2.05, 4.69) is 32.4 Å². The molecule has 3 N–H and O–H groups in total. The quantitative estimate of drug-likeness (QED) is 0.542. The fourth-order valence-corrected chi connectivity index (χ4v) is 3.16. The van der Waals surface area contributed by atoms with Crippen molar-refractivity contribution < 1.29 is 0 Å². The van der Waals surface area contributed by atoms with E-state index in [1.54, 1.807) is 6.20 Å². The summed E-state index contributed by atoms with van der Waals surface area (Å²) in [5.41, 5.74) is 5.78. The van der Waals surface area contributed by atoms with Crippen LogP contribution >= 0.6 is 27.5 Å². The number of hydrazine groups is 1. The van der Waals surface area contributed by atoms with E-state index in [0.29, 0.717) is 5.02 Å². The van der Waals surface area contributed by atoms with Gasteiger partial charge in [-0.25, -0.2) is 5.43 Å². The summed E-state index contributed by atoms with van der Waals surface area (Å²) in [7, 11) is 0. The largest absolute Gasteiger partial charge is 0.271 e. The average Bonchev–Trinajstić information content (AvgIpc) is 2.50. The topological polar surface area (TPSA) is 50.9 Å². The highest BCUT2D eigenvalue weighted by atomic mass is 79.9. The second-order valence-electron chi connectivity index (χ2n) is 4.72. The normalized spacial score (nSPS) is 12.5. The maximum atomic E-state index is 6.33. The van der Waals surface area contributed by atoms with Gasteiger partial charge < -0.3 is 0 Å². The Balaban J connectivity index is 2.09. The zero-order chi connectivity index (χ0) is 14.8. The van der Waals surface area contributed by atoms with E-state index < -0.39 is 0 Å². The molecule has 0 amide bonds. The Labute approximate surface area is 136 Å². The second-order valence-corrected chi connectivity index (χ2v) is 6.04.